The zero-order valence-electron chi connectivity index (χ0n) is 18.3. The van der Waals surface area contributed by atoms with Crippen LogP contribution < -0.4 is 16.1 Å². The van der Waals surface area contributed by atoms with Crippen LogP contribution in [0.2, 0.25) is 10.0 Å². The normalized spacial score (nSPS) is 10.7. The van der Waals surface area contributed by atoms with Crippen molar-refractivity contribution in [1.29, 1.82) is 0 Å². The van der Waals surface area contributed by atoms with Gasteiger partial charge in [0.1, 0.15) is 5.69 Å². The number of nitrogens with one attached hydrogen (secondary N) is 3. The van der Waals surface area contributed by atoms with Gasteiger partial charge in [-0.1, -0.05) is 53.5 Å². The second-order valence-corrected chi connectivity index (χ2v) is 8.51. The van der Waals surface area contributed by atoms with Crippen LogP contribution in [0.3, 0.4) is 0 Å². The highest BCUT2D eigenvalue weighted by Gasteiger charge is 2.22. The molecule has 1 aromatic heterocycles. The third-order valence-corrected chi connectivity index (χ3v) is 5.82. The number of rotatable bonds is 4. The molecule has 0 spiro atoms. The quantitative estimate of drug-likeness (QED) is 0.326. The summed E-state index contributed by atoms with van der Waals surface area (Å²) in [4.78, 5) is 38.5. The molecule has 4 aromatic rings. The summed E-state index contributed by atoms with van der Waals surface area (Å²) in [6.45, 7) is 3.78. The Hall–Kier alpha value is -3.81. The van der Waals surface area contributed by atoms with Crippen LogP contribution in [-0.2, 0) is 9.59 Å². The molecule has 0 aliphatic heterocycles. The molecule has 7 nitrogen and oxygen atoms in total. The minimum absolute atomic E-state index is 0.124. The molecule has 0 aliphatic rings. The van der Waals surface area contributed by atoms with E-state index in [9.17, 15) is 14.4 Å². The summed E-state index contributed by atoms with van der Waals surface area (Å²) in [5.41, 5.74) is 5.87. The number of fused-ring (bicyclic) bond motifs is 1. The van der Waals surface area contributed by atoms with E-state index in [1.165, 1.54) is 4.68 Å². The predicted molar refractivity (Wildman–Crippen MR) is 135 cm³/mol. The Labute approximate surface area is 205 Å². The maximum absolute atomic E-state index is 13.2. The van der Waals surface area contributed by atoms with Gasteiger partial charge in [-0.25, -0.2) is 4.68 Å². The maximum atomic E-state index is 13.2. The molecule has 34 heavy (non-hydrogen) atoms. The van der Waals surface area contributed by atoms with Crippen molar-refractivity contribution < 1.29 is 14.4 Å². The first-order chi connectivity index (χ1) is 16.2. The minimum atomic E-state index is -0.978. The van der Waals surface area contributed by atoms with Crippen LogP contribution >= 0.6 is 23.2 Å². The van der Waals surface area contributed by atoms with Gasteiger partial charge in [0.2, 0.25) is 0 Å². The second kappa shape index (κ2) is 9.59. The van der Waals surface area contributed by atoms with Gasteiger partial charge in [-0.2, -0.15) is 0 Å². The Bertz CT molecular complexity index is 1430. The topological polar surface area (TPSA) is 92.2 Å². The van der Waals surface area contributed by atoms with Gasteiger partial charge in [0.05, 0.1) is 16.2 Å². The van der Waals surface area contributed by atoms with Crippen LogP contribution in [0, 0.1) is 13.8 Å². The third kappa shape index (κ3) is 4.76. The summed E-state index contributed by atoms with van der Waals surface area (Å²) in [5, 5.41) is 6.74. The van der Waals surface area contributed by atoms with Gasteiger partial charge >= 0.3 is 11.8 Å². The van der Waals surface area contributed by atoms with Crippen LogP contribution in [0.1, 0.15) is 21.6 Å². The lowest BCUT2D eigenvalue weighted by Crippen LogP contribution is -2.36. The molecule has 0 aliphatic carbocycles. The molecule has 3 aromatic carbocycles. The summed E-state index contributed by atoms with van der Waals surface area (Å²) in [6, 6.07) is 18.8. The largest absolute Gasteiger partial charge is 0.328 e. The fourth-order valence-corrected chi connectivity index (χ4v) is 3.92. The van der Waals surface area contributed by atoms with Crippen molar-refractivity contribution in [2.24, 2.45) is 0 Å². The van der Waals surface area contributed by atoms with E-state index in [0.29, 0.717) is 32.3 Å². The van der Waals surface area contributed by atoms with E-state index in [1.54, 1.807) is 48.5 Å². The molecule has 4 rings (SSSR count). The fraction of sp³-hybridized carbons (Fsp3) is 0.0800. The standard InChI is InChI=1S/C25H20Cl2N4O3/c1-14-6-5-7-15(2)22(14)29-23(32)21-13-16-12-17(26)10-11-20(16)31(21)30-25(34)24(33)28-19-9-4-3-8-18(19)27/h3-13H,1-2H3,(H,28,33)(H,29,32)(H,30,34). The van der Waals surface area contributed by atoms with Gasteiger partial charge in [-0.05, 0) is 61.4 Å². The highest BCUT2D eigenvalue weighted by molar-refractivity contribution is 6.44. The molecule has 3 N–H and O–H groups in total. The first-order valence-electron chi connectivity index (χ1n) is 10.3. The Kier molecular flexibility index (Phi) is 6.58. The molecule has 1 heterocycles. The van der Waals surface area contributed by atoms with Gasteiger partial charge in [0, 0.05) is 16.1 Å². The van der Waals surface area contributed by atoms with Crippen LogP contribution in [0.25, 0.3) is 10.9 Å². The number of carbonyl (C=O) groups excluding carboxylic acids is 3. The summed E-state index contributed by atoms with van der Waals surface area (Å²) in [5.74, 6) is -2.38. The molecule has 0 fully saturated rings. The summed E-state index contributed by atoms with van der Waals surface area (Å²) < 4.78 is 1.27. The average molecular weight is 495 g/mol. The molecule has 9 heteroatoms. The third-order valence-electron chi connectivity index (χ3n) is 5.26. The molecule has 0 saturated heterocycles. The first-order valence-corrected chi connectivity index (χ1v) is 11.1. The smallest absolute Gasteiger partial charge is 0.320 e. The zero-order chi connectivity index (χ0) is 24.4. The monoisotopic (exact) mass is 494 g/mol. The predicted octanol–water partition coefficient (Wildman–Crippen LogP) is 5.53. The van der Waals surface area contributed by atoms with E-state index in [-0.39, 0.29) is 5.69 Å². The number of benzene rings is 3. The van der Waals surface area contributed by atoms with Crippen LogP contribution in [0.4, 0.5) is 11.4 Å². The van der Waals surface area contributed by atoms with E-state index >= 15 is 0 Å². The summed E-state index contributed by atoms with van der Waals surface area (Å²) in [7, 11) is 0. The Morgan fingerprint density at radius 2 is 1.50 bits per heavy atom. The van der Waals surface area contributed by atoms with Crippen molar-refractivity contribution in [2.75, 3.05) is 16.1 Å². The van der Waals surface area contributed by atoms with E-state index in [2.05, 4.69) is 16.1 Å². The van der Waals surface area contributed by atoms with Crippen LogP contribution in [0.5, 0.6) is 0 Å². The molecule has 172 valence electrons. The van der Waals surface area contributed by atoms with Crippen molar-refractivity contribution in [1.82, 2.24) is 4.68 Å². The van der Waals surface area contributed by atoms with Gasteiger partial charge < -0.3 is 10.6 Å². The van der Waals surface area contributed by atoms with Crippen LogP contribution in [0.15, 0.2) is 66.7 Å². The Morgan fingerprint density at radius 3 is 2.21 bits per heavy atom. The first kappa shape index (κ1) is 23.4. The number of hydrogen-bond acceptors (Lipinski definition) is 3. The van der Waals surface area contributed by atoms with Gasteiger partial charge in [0.25, 0.3) is 5.91 Å². The van der Waals surface area contributed by atoms with E-state index in [0.717, 1.165) is 11.1 Å². The lowest BCUT2D eigenvalue weighted by Gasteiger charge is -2.15. The minimum Gasteiger partial charge on any atom is -0.320 e. The fourth-order valence-electron chi connectivity index (χ4n) is 3.56. The number of halogens is 2. The number of amides is 3. The number of anilines is 2. The van der Waals surface area contributed by atoms with Crippen molar-refractivity contribution >= 4 is 63.2 Å². The van der Waals surface area contributed by atoms with Crippen molar-refractivity contribution in [3.05, 3.63) is 93.6 Å². The molecular formula is C25H20Cl2N4O3. The summed E-state index contributed by atoms with van der Waals surface area (Å²) in [6.07, 6.45) is 0. The number of nitrogens with zero attached hydrogens (tertiary/aromatic N) is 1. The van der Waals surface area contributed by atoms with E-state index in [1.807, 2.05) is 32.0 Å². The maximum Gasteiger partial charge on any atom is 0.328 e. The summed E-state index contributed by atoms with van der Waals surface area (Å²) >= 11 is 12.2. The molecule has 0 unspecified atom stereocenters. The lowest BCUT2D eigenvalue weighted by molar-refractivity contribution is -0.133. The number of hydrogen-bond donors (Lipinski definition) is 3. The van der Waals surface area contributed by atoms with E-state index in [4.69, 9.17) is 23.2 Å². The van der Waals surface area contributed by atoms with Crippen molar-refractivity contribution in [3.8, 4) is 0 Å². The number of carbonyl (C=O) groups is 3. The molecule has 0 radical (unpaired) electrons. The molecule has 0 bridgehead atoms. The van der Waals surface area contributed by atoms with Crippen molar-refractivity contribution in [2.45, 2.75) is 13.8 Å². The number of aryl methyl sites for hydroxylation is 2. The van der Waals surface area contributed by atoms with Gasteiger partial charge in [-0.15, -0.1) is 0 Å². The lowest BCUT2D eigenvalue weighted by atomic mass is 10.1. The van der Waals surface area contributed by atoms with Gasteiger partial charge in [0.15, 0.2) is 0 Å². The number of aromatic nitrogens is 1. The number of para-hydroxylation sites is 2. The Balaban J connectivity index is 1.66. The molecular weight excluding hydrogens is 475 g/mol. The van der Waals surface area contributed by atoms with Gasteiger partial charge in [-0.3, -0.25) is 19.8 Å². The second-order valence-electron chi connectivity index (χ2n) is 7.66. The highest BCUT2D eigenvalue weighted by atomic mass is 35.5. The van der Waals surface area contributed by atoms with Crippen molar-refractivity contribution in [3.63, 3.8) is 0 Å². The molecule has 0 atom stereocenters. The van der Waals surface area contributed by atoms with E-state index < -0.39 is 17.7 Å². The molecule has 0 saturated carbocycles. The zero-order valence-corrected chi connectivity index (χ0v) is 19.8. The Morgan fingerprint density at radius 1 is 0.794 bits per heavy atom. The molecule has 3 amide bonds. The highest BCUT2D eigenvalue weighted by Crippen LogP contribution is 2.25. The SMILES string of the molecule is Cc1cccc(C)c1NC(=O)c1cc2cc(Cl)ccc2n1NC(=O)C(=O)Nc1ccccc1Cl. The van der Waals surface area contributed by atoms with Crippen LogP contribution in [-0.4, -0.2) is 22.4 Å². The average Bonchev–Trinajstić information content (AvgIpc) is 3.15.